The van der Waals surface area contributed by atoms with Gasteiger partial charge in [0.1, 0.15) is 6.61 Å². The topological polar surface area (TPSA) is 26.3 Å². The van der Waals surface area contributed by atoms with Crippen molar-refractivity contribution < 1.29 is 9.53 Å². The molecule has 0 aliphatic carbocycles. The van der Waals surface area contributed by atoms with Gasteiger partial charge in [-0.05, 0) is 17.7 Å². The van der Waals surface area contributed by atoms with Crippen LogP contribution in [0.2, 0.25) is 0 Å². The smallest absolute Gasteiger partial charge is 0.356 e. The van der Waals surface area contributed by atoms with E-state index in [2.05, 4.69) is 0 Å². The molecular weight excluding hydrogens is 240 g/mol. The summed E-state index contributed by atoms with van der Waals surface area (Å²) in [5.74, 6) is 0.469. The minimum atomic E-state index is -0.391. The molecule has 16 heavy (non-hydrogen) atoms. The predicted molar refractivity (Wildman–Crippen MR) is 71.6 cm³/mol. The molecule has 0 amide bonds. The number of hydrogen-bond donors (Lipinski definition) is 0. The number of ether oxygens (including phenoxy) is 1. The molecule has 0 heterocycles. The lowest BCUT2D eigenvalue weighted by Gasteiger charge is -2.04. The third-order valence-corrected chi connectivity index (χ3v) is 3.38. The number of thiocarbonyl (C=S) groups is 1. The van der Waals surface area contributed by atoms with Crippen LogP contribution in [-0.2, 0) is 16.1 Å². The molecule has 0 saturated heterocycles. The molecular formula is C12H14O2S2. The lowest BCUT2D eigenvalue weighted by atomic mass is 10.2. The van der Waals surface area contributed by atoms with Gasteiger partial charge in [-0.25, -0.2) is 4.79 Å². The Balaban J connectivity index is 2.32. The van der Waals surface area contributed by atoms with Gasteiger partial charge in [-0.15, -0.1) is 11.8 Å². The lowest BCUT2D eigenvalue weighted by Crippen LogP contribution is -2.12. The van der Waals surface area contributed by atoms with Gasteiger partial charge in [0.05, 0.1) is 0 Å². The standard InChI is InChI=1S/C12H14O2S2/c1-2-8-16-12(15)11(13)14-9-10-6-4-3-5-7-10/h3-7H,2,8-9H2,1H3. The van der Waals surface area contributed by atoms with Crippen LogP contribution in [0, 0.1) is 0 Å². The van der Waals surface area contributed by atoms with Crippen molar-refractivity contribution in [3.8, 4) is 0 Å². The maximum absolute atomic E-state index is 11.4. The second-order valence-electron chi connectivity index (χ2n) is 3.20. The zero-order valence-corrected chi connectivity index (χ0v) is 10.8. The van der Waals surface area contributed by atoms with Gasteiger partial charge in [-0.1, -0.05) is 49.5 Å². The van der Waals surface area contributed by atoms with Crippen LogP contribution >= 0.6 is 24.0 Å². The maximum atomic E-state index is 11.4. The fourth-order valence-corrected chi connectivity index (χ4v) is 1.91. The van der Waals surface area contributed by atoms with Crippen molar-refractivity contribution in [1.29, 1.82) is 0 Å². The quantitative estimate of drug-likeness (QED) is 0.609. The molecule has 4 heteroatoms. The molecule has 2 nitrogen and oxygen atoms in total. The van der Waals surface area contributed by atoms with E-state index in [-0.39, 0.29) is 6.61 Å². The summed E-state index contributed by atoms with van der Waals surface area (Å²) < 4.78 is 5.40. The average molecular weight is 254 g/mol. The zero-order valence-electron chi connectivity index (χ0n) is 9.14. The third-order valence-electron chi connectivity index (χ3n) is 1.82. The van der Waals surface area contributed by atoms with Crippen molar-refractivity contribution in [2.75, 3.05) is 5.75 Å². The van der Waals surface area contributed by atoms with Crippen molar-refractivity contribution in [3.63, 3.8) is 0 Å². The van der Waals surface area contributed by atoms with Crippen LogP contribution in [0.5, 0.6) is 0 Å². The Morgan fingerprint density at radius 3 is 2.69 bits per heavy atom. The molecule has 1 rings (SSSR count). The van der Waals surface area contributed by atoms with E-state index in [1.54, 1.807) is 0 Å². The van der Waals surface area contributed by atoms with Crippen LogP contribution < -0.4 is 0 Å². The van der Waals surface area contributed by atoms with Gasteiger partial charge >= 0.3 is 5.97 Å². The molecule has 0 aliphatic heterocycles. The summed E-state index contributed by atoms with van der Waals surface area (Å²) in [6, 6.07) is 9.57. The Kier molecular flexibility index (Phi) is 6.11. The second-order valence-corrected chi connectivity index (χ2v) is 4.97. The normalized spacial score (nSPS) is 9.81. The van der Waals surface area contributed by atoms with Crippen molar-refractivity contribution in [3.05, 3.63) is 35.9 Å². The van der Waals surface area contributed by atoms with Crippen LogP contribution in [0.4, 0.5) is 0 Å². The molecule has 0 radical (unpaired) electrons. The first-order chi connectivity index (χ1) is 7.74. The fraction of sp³-hybridized carbons (Fsp3) is 0.333. The molecule has 1 aromatic carbocycles. The summed E-state index contributed by atoms with van der Waals surface area (Å²) in [4.78, 5) is 11.4. The van der Waals surface area contributed by atoms with E-state index in [9.17, 15) is 4.79 Å². The highest BCUT2D eigenvalue weighted by molar-refractivity contribution is 8.25. The fourth-order valence-electron chi connectivity index (χ4n) is 1.04. The predicted octanol–water partition coefficient (Wildman–Crippen LogP) is 3.20. The molecule has 0 atom stereocenters. The van der Waals surface area contributed by atoms with Crippen molar-refractivity contribution in [2.24, 2.45) is 0 Å². The highest BCUT2D eigenvalue weighted by atomic mass is 32.2. The molecule has 86 valence electrons. The van der Waals surface area contributed by atoms with Gasteiger partial charge in [0.2, 0.25) is 0 Å². The van der Waals surface area contributed by atoms with E-state index in [0.29, 0.717) is 4.20 Å². The molecule has 0 bridgehead atoms. The Bertz CT molecular complexity index is 349. The largest absolute Gasteiger partial charge is 0.456 e. The SMILES string of the molecule is CCCSC(=S)C(=O)OCc1ccccc1. The van der Waals surface area contributed by atoms with E-state index in [0.717, 1.165) is 17.7 Å². The van der Waals surface area contributed by atoms with Gasteiger partial charge in [-0.3, -0.25) is 0 Å². The molecule has 1 aromatic rings. The van der Waals surface area contributed by atoms with Crippen LogP contribution in [-0.4, -0.2) is 15.9 Å². The zero-order chi connectivity index (χ0) is 11.8. The molecule has 0 N–H and O–H groups in total. The lowest BCUT2D eigenvalue weighted by molar-refractivity contribution is -0.136. The molecule has 0 saturated carbocycles. The first kappa shape index (κ1) is 13.2. The highest BCUT2D eigenvalue weighted by Crippen LogP contribution is 2.09. The Morgan fingerprint density at radius 2 is 2.06 bits per heavy atom. The molecule has 0 aromatic heterocycles. The molecule has 0 unspecified atom stereocenters. The minimum absolute atomic E-state index is 0.284. The number of carbonyl (C=O) groups is 1. The van der Waals surface area contributed by atoms with Gasteiger partial charge in [0, 0.05) is 0 Å². The summed E-state index contributed by atoms with van der Waals surface area (Å²) in [7, 11) is 0. The van der Waals surface area contributed by atoms with Gasteiger partial charge in [-0.2, -0.15) is 0 Å². The van der Waals surface area contributed by atoms with Crippen molar-refractivity contribution >= 4 is 34.1 Å². The van der Waals surface area contributed by atoms with E-state index in [1.165, 1.54) is 11.8 Å². The summed E-state index contributed by atoms with van der Waals surface area (Å²) in [6.45, 7) is 2.33. The Labute approximate surface area is 105 Å². The second kappa shape index (κ2) is 7.41. The molecule has 0 fully saturated rings. The van der Waals surface area contributed by atoms with E-state index < -0.39 is 5.97 Å². The number of carbonyl (C=O) groups excluding carboxylic acids is 1. The van der Waals surface area contributed by atoms with Crippen molar-refractivity contribution in [2.45, 2.75) is 20.0 Å². The number of benzene rings is 1. The van der Waals surface area contributed by atoms with Gasteiger partial charge < -0.3 is 4.74 Å². The number of rotatable bonds is 4. The van der Waals surface area contributed by atoms with Crippen LogP contribution in [0.15, 0.2) is 30.3 Å². The Hall–Kier alpha value is -0.870. The van der Waals surface area contributed by atoms with Gasteiger partial charge in [0.15, 0.2) is 4.20 Å². The molecule has 0 aliphatic rings. The maximum Gasteiger partial charge on any atom is 0.356 e. The number of esters is 1. The Morgan fingerprint density at radius 1 is 1.38 bits per heavy atom. The van der Waals surface area contributed by atoms with E-state index in [1.807, 2.05) is 37.3 Å². The van der Waals surface area contributed by atoms with Gasteiger partial charge in [0.25, 0.3) is 0 Å². The van der Waals surface area contributed by atoms with Crippen LogP contribution in [0.1, 0.15) is 18.9 Å². The summed E-state index contributed by atoms with van der Waals surface area (Å²) >= 11 is 6.32. The van der Waals surface area contributed by atoms with Crippen molar-refractivity contribution in [1.82, 2.24) is 0 Å². The molecule has 0 spiro atoms. The van der Waals surface area contributed by atoms with E-state index >= 15 is 0 Å². The summed E-state index contributed by atoms with van der Waals surface area (Å²) in [5, 5.41) is 0. The van der Waals surface area contributed by atoms with E-state index in [4.69, 9.17) is 17.0 Å². The summed E-state index contributed by atoms with van der Waals surface area (Å²) in [5.41, 5.74) is 0.971. The minimum Gasteiger partial charge on any atom is -0.456 e. The monoisotopic (exact) mass is 254 g/mol. The summed E-state index contributed by atoms with van der Waals surface area (Å²) in [6.07, 6.45) is 0.997. The number of hydrogen-bond acceptors (Lipinski definition) is 4. The van der Waals surface area contributed by atoms with Crippen LogP contribution in [0.25, 0.3) is 0 Å². The first-order valence-electron chi connectivity index (χ1n) is 5.12. The first-order valence-corrected chi connectivity index (χ1v) is 6.51. The van der Waals surface area contributed by atoms with Crippen LogP contribution in [0.3, 0.4) is 0 Å². The number of thioether (sulfide) groups is 1. The third kappa shape index (κ3) is 4.77. The average Bonchev–Trinajstić information content (AvgIpc) is 2.34. The highest BCUT2D eigenvalue weighted by Gasteiger charge is 2.10.